The molecule has 1 atom stereocenters. The largest absolute Gasteiger partial charge is 0.447 e. The van der Waals surface area contributed by atoms with Gasteiger partial charge >= 0.3 is 6.09 Å². The third-order valence-corrected chi connectivity index (χ3v) is 5.98. The van der Waals surface area contributed by atoms with Crippen molar-refractivity contribution in [2.45, 2.75) is 12.6 Å². The smallest absolute Gasteiger partial charge is 0.411 e. The summed E-state index contributed by atoms with van der Waals surface area (Å²) in [5.41, 5.74) is 2.86. The molecule has 0 radical (unpaired) electrons. The number of aromatic nitrogens is 4. The number of nitrogens with one attached hydrogen (secondary N) is 2. The van der Waals surface area contributed by atoms with Gasteiger partial charge in [0.1, 0.15) is 19.7 Å². The van der Waals surface area contributed by atoms with Crippen LogP contribution in [0, 0.1) is 0 Å². The lowest BCUT2D eigenvalue weighted by Gasteiger charge is -2.31. The second-order valence-corrected chi connectivity index (χ2v) is 8.65. The van der Waals surface area contributed by atoms with E-state index in [9.17, 15) is 4.79 Å². The lowest BCUT2D eigenvalue weighted by atomic mass is 10.0. The van der Waals surface area contributed by atoms with Crippen LogP contribution in [0.1, 0.15) is 17.4 Å². The lowest BCUT2D eigenvalue weighted by molar-refractivity contribution is -0.933. The zero-order valence-corrected chi connectivity index (χ0v) is 20.0. The molecular formula is C23H29ClN7O3+. The number of nitrogens with zero attached hydrogens (tertiary/aromatic N) is 5. The Morgan fingerprint density at radius 3 is 2.56 bits per heavy atom. The van der Waals surface area contributed by atoms with Crippen molar-refractivity contribution < 1.29 is 19.2 Å². The summed E-state index contributed by atoms with van der Waals surface area (Å²) in [7, 11) is 4.03. The number of hydrogen-bond acceptors (Lipinski definition) is 7. The quantitative estimate of drug-likeness (QED) is 0.499. The number of rotatable bonds is 8. The van der Waals surface area contributed by atoms with Gasteiger partial charge in [-0.15, -0.1) is 5.10 Å². The summed E-state index contributed by atoms with van der Waals surface area (Å²) in [6.07, 6.45) is -0.549. The highest BCUT2D eigenvalue weighted by Crippen LogP contribution is 2.21. The van der Waals surface area contributed by atoms with Gasteiger partial charge in [0, 0.05) is 36.1 Å². The van der Waals surface area contributed by atoms with Crippen LogP contribution in [-0.2, 0) is 16.0 Å². The molecule has 1 saturated heterocycles. The van der Waals surface area contributed by atoms with Crippen molar-refractivity contribution in [1.29, 1.82) is 0 Å². The minimum atomic E-state index is -0.549. The zero-order valence-electron chi connectivity index (χ0n) is 19.3. The normalized spacial score (nSPS) is 15.0. The van der Waals surface area contributed by atoms with Gasteiger partial charge in [0.15, 0.2) is 6.04 Å². The van der Waals surface area contributed by atoms with Gasteiger partial charge in [0.25, 0.3) is 0 Å². The van der Waals surface area contributed by atoms with E-state index in [4.69, 9.17) is 21.1 Å². The molecule has 34 heavy (non-hydrogen) atoms. The molecule has 3 aromatic rings. The Kier molecular flexibility index (Phi) is 7.94. The van der Waals surface area contributed by atoms with Gasteiger partial charge in [-0.3, -0.25) is 5.32 Å². The first-order chi connectivity index (χ1) is 16.5. The number of quaternary nitrogens is 1. The fraction of sp³-hybridized carbons (Fsp3) is 0.391. The molecule has 180 valence electrons. The van der Waals surface area contributed by atoms with E-state index < -0.39 is 6.09 Å². The number of carbonyl (C=O) groups excluding carboxylic acids is 1. The predicted molar refractivity (Wildman–Crippen MR) is 128 cm³/mol. The van der Waals surface area contributed by atoms with Crippen molar-refractivity contribution in [3.05, 3.63) is 64.9 Å². The van der Waals surface area contributed by atoms with E-state index in [1.807, 2.05) is 14.1 Å². The SMILES string of the molecule is CN(C)c1ccc(C(c2nnnn2CCOC(=O)Nc2ccc(Cl)cc2)[NH+]2CCOCC2)cc1. The average molecular weight is 487 g/mol. The number of carbonyl (C=O) groups is 1. The van der Waals surface area contributed by atoms with Crippen LogP contribution in [-0.4, -0.2) is 73.3 Å². The Bertz CT molecular complexity index is 1070. The molecule has 1 unspecified atom stereocenters. The Labute approximate surface area is 203 Å². The summed E-state index contributed by atoms with van der Waals surface area (Å²) in [6, 6.07) is 15.2. The molecule has 2 N–H and O–H groups in total. The number of morpholine rings is 1. The number of ether oxygens (including phenoxy) is 2. The molecule has 0 bridgehead atoms. The topological polar surface area (TPSA) is 98.8 Å². The summed E-state index contributed by atoms with van der Waals surface area (Å²) in [6.45, 7) is 3.56. The van der Waals surface area contributed by atoms with Crippen molar-refractivity contribution in [2.75, 3.05) is 57.2 Å². The maximum Gasteiger partial charge on any atom is 0.411 e. The highest BCUT2D eigenvalue weighted by molar-refractivity contribution is 6.30. The van der Waals surface area contributed by atoms with Gasteiger partial charge in [-0.2, -0.15) is 0 Å². The van der Waals surface area contributed by atoms with Gasteiger partial charge in [-0.05, 0) is 46.8 Å². The van der Waals surface area contributed by atoms with Crippen LogP contribution in [0.15, 0.2) is 48.5 Å². The van der Waals surface area contributed by atoms with Crippen molar-refractivity contribution in [2.24, 2.45) is 0 Å². The molecule has 1 aromatic heterocycles. The van der Waals surface area contributed by atoms with Crippen LogP contribution in [0.25, 0.3) is 0 Å². The second-order valence-electron chi connectivity index (χ2n) is 8.22. The van der Waals surface area contributed by atoms with E-state index in [0.29, 0.717) is 30.5 Å². The molecular weight excluding hydrogens is 458 g/mol. The minimum Gasteiger partial charge on any atom is -0.447 e. The van der Waals surface area contributed by atoms with Crippen molar-refractivity contribution in [3.8, 4) is 0 Å². The molecule has 2 heterocycles. The van der Waals surface area contributed by atoms with E-state index in [1.54, 1.807) is 28.9 Å². The van der Waals surface area contributed by atoms with Crippen molar-refractivity contribution in [3.63, 3.8) is 0 Å². The van der Waals surface area contributed by atoms with Crippen LogP contribution in [0.5, 0.6) is 0 Å². The monoisotopic (exact) mass is 486 g/mol. The number of anilines is 2. The summed E-state index contributed by atoms with van der Waals surface area (Å²) >= 11 is 5.87. The van der Waals surface area contributed by atoms with Gasteiger partial charge < -0.3 is 19.3 Å². The molecule has 1 fully saturated rings. The second kappa shape index (κ2) is 11.3. The molecule has 1 amide bonds. The summed E-state index contributed by atoms with van der Waals surface area (Å²) < 4.78 is 12.6. The number of hydrogen-bond donors (Lipinski definition) is 2. The molecule has 0 saturated carbocycles. The van der Waals surface area contributed by atoms with Crippen molar-refractivity contribution >= 4 is 29.1 Å². The fourth-order valence-corrected chi connectivity index (χ4v) is 4.07. The lowest BCUT2D eigenvalue weighted by Crippen LogP contribution is -3.14. The Morgan fingerprint density at radius 2 is 1.88 bits per heavy atom. The van der Waals surface area contributed by atoms with Crippen LogP contribution in [0.4, 0.5) is 16.2 Å². The van der Waals surface area contributed by atoms with E-state index >= 15 is 0 Å². The number of halogens is 1. The molecule has 0 spiro atoms. The molecule has 4 rings (SSSR count). The third kappa shape index (κ3) is 6.02. The number of tetrazole rings is 1. The maximum absolute atomic E-state index is 12.2. The van der Waals surface area contributed by atoms with E-state index in [2.05, 4.69) is 50.0 Å². The van der Waals surface area contributed by atoms with E-state index in [0.717, 1.165) is 30.2 Å². The maximum atomic E-state index is 12.2. The predicted octanol–water partition coefficient (Wildman–Crippen LogP) is 1.65. The average Bonchev–Trinajstić information content (AvgIpc) is 3.30. The third-order valence-electron chi connectivity index (χ3n) is 5.73. The van der Waals surface area contributed by atoms with Gasteiger partial charge in [0.05, 0.1) is 19.8 Å². The van der Waals surface area contributed by atoms with Gasteiger partial charge in [-0.25, -0.2) is 9.48 Å². The molecule has 1 aliphatic rings. The Balaban J connectivity index is 1.45. The highest BCUT2D eigenvalue weighted by atomic mass is 35.5. The Morgan fingerprint density at radius 1 is 1.18 bits per heavy atom. The van der Waals surface area contributed by atoms with Crippen molar-refractivity contribution in [1.82, 2.24) is 20.2 Å². The summed E-state index contributed by atoms with van der Waals surface area (Å²) in [5.74, 6) is 0.733. The highest BCUT2D eigenvalue weighted by Gasteiger charge is 2.33. The molecule has 1 aliphatic heterocycles. The number of amides is 1. The first kappa shape index (κ1) is 23.9. The number of benzene rings is 2. The standard InChI is InChI=1S/C23H28ClN7O3/c1-29(2)20-9-3-17(4-10-20)21(30-11-14-33-15-12-30)22-26-27-28-31(22)13-16-34-23(32)25-19-7-5-18(24)6-8-19/h3-10,21H,11-16H2,1-2H3,(H,25,32)/p+1. The molecule has 0 aliphatic carbocycles. The molecule has 2 aromatic carbocycles. The van der Waals surface area contributed by atoms with Crippen LogP contribution >= 0.6 is 11.6 Å². The van der Waals surface area contributed by atoms with Crippen LogP contribution in [0.2, 0.25) is 5.02 Å². The molecule has 10 nitrogen and oxygen atoms in total. The summed E-state index contributed by atoms with van der Waals surface area (Å²) in [5, 5.41) is 15.7. The van der Waals surface area contributed by atoms with Gasteiger partial charge in [-0.1, -0.05) is 23.7 Å². The van der Waals surface area contributed by atoms with E-state index in [-0.39, 0.29) is 12.6 Å². The minimum absolute atomic E-state index is 0.0574. The fourth-order valence-electron chi connectivity index (χ4n) is 3.94. The molecule has 11 heteroatoms. The first-order valence-corrected chi connectivity index (χ1v) is 11.5. The van der Waals surface area contributed by atoms with Crippen LogP contribution < -0.4 is 15.1 Å². The van der Waals surface area contributed by atoms with Gasteiger partial charge in [0.2, 0.25) is 5.82 Å². The Hall–Kier alpha value is -3.21. The zero-order chi connectivity index (χ0) is 23.9. The first-order valence-electron chi connectivity index (χ1n) is 11.2. The van der Waals surface area contributed by atoms with Crippen LogP contribution in [0.3, 0.4) is 0 Å². The van der Waals surface area contributed by atoms with E-state index in [1.165, 1.54) is 4.90 Å². The summed E-state index contributed by atoms with van der Waals surface area (Å²) in [4.78, 5) is 15.6.